The minimum atomic E-state index is -6.00. The highest BCUT2D eigenvalue weighted by molar-refractivity contribution is 6.50. The Morgan fingerprint density at radius 3 is 1.43 bits per heavy atom. The molecule has 0 N–H and O–H groups in total. The number of carbonyl (C=O) groups is 1. The fraction of sp³-hybridized carbons (Fsp3) is 0.111. The van der Waals surface area contributed by atoms with Crippen molar-refractivity contribution < 1.29 is 31.4 Å². The van der Waals surface area contributed by atoms with Gasteiger partial charge < -0.3 is 22.0 Å². The van der Waals surface area contributed by atoms with Gasteiger partial charge in [0, 0.05) is 23.3 Å². The highest BCUT2D eigenvalue weighted by atomic mass is 19.5. The zero-order valence-corrected chi connectivity index (χ0v) is 19.1. The number of aromatic nitrogens is 1. The van der Waals surface area contributed by atoms with Crippen LogP contribution in [0.4, 0.5) is 17.3 Å². The number of rotatable bonds is 6. The fourth-order valence-corrected chi connectivity index (χ4v) is 3.62. The third kappa shape index (κ3) is 7.81. The Kier molecular flexibility index (Phi) is 8.78. The van der Waals surface area contributed by atoms with Gasteiger partial charge in [0.05, 0.1) is 6.61 Å². The van der Waals surface area contributed by atoms with E-state index >= 15 is 0 Å². The van der Waals surface area contributed by atoms with Crippen molar-refractivity contribution in [3.05, 3.63) is 103 Å². The third-order valence-electron chi connectivity index (χ3n) is 5.00. The van der Waals surface area contributed by atoms with Crippen LogP contribution in [0.3, 0.4) is 0 Å². The molecule has 4 aromatic rings. The maximum absolute atomic E-state index is 12.5. The van der Waals surface area contributed by atoms with E-state index in [9.17, 15) is 22.1 Å². The Morgan fingerprint density at radius 2 is 1.06 bits per heavy atom. The van der Waals surface area contributed by atoms with E-state index in [2.05, 4.69) is 53.1 Å². The van der Waals surface area contributed by atoms with Crippen LogP contribution < -0.4 is 4.57 Å². The van der Waals surface area contributed by atoms with Crippen LogP contribution in [0.5, 0.6) is 0 Å². The maximum atomic E-state index is 12.5. The van der Waals surface area contributed by atoms with E-state index in [4.69, 9.17) is 4.74 Å². The molecule has 3 nitrogen and oxygen atoms in total. The van der Waals surface area contributed by atoms with Crippen molar-refractivity contribution in [3.63, 3.8) is 0 Å². The molecule has 0 aliphatic heterocycles. The van der Waals surface area contributed by atoms with E-state index in [0.717, 1.165) is 33.6 Å². The average molecular weight is 481 g/mol. The van der Waals surface area contributed by atoms with E-state index in [1.54, 1.807) is 0 Å². The highest BCUT2D eigenvalue weighted by Crippen LogP contribution is 2.29. The Balaban J connectivity index is 0.000000623. The molecule has 0 spiro atoms. The predicted octanol–water partition coefficient (Wildman–Crippen LogP) is 6.84. The summed E-state index contributed by atoms with van der Waals surface area (Å²) in [6, 6.07) is 34.9. The Hall–Kier alpha value is -3.94. The van der Waals surface area contributed by atoms with Crippen molar-refractivity contribution in [1.82, 2.24) is 0 Å². The number of pyridine rings is 1. The number of nitrogens with zero attached hydrogens (tertiary/aromatic N) is 1. The molecule has 0 saturated carbocycles. The maximum Gasteiger partial charge on any atom is 0.673 e. The van der Waals surface area contributed by atoms with Gasteiger partial charge in [-0.3, -0.25) is 0 Å². The molecule has 0 amide bonds. The molecule has 4 rings (SSSR count). The van der Waals surface area contributed by atoms with Gasteiger partial charge in [0.2, 0.25) is 17.9 Å². The highest BCUT2D eigenvalue weighted by Gasteiger charge is 2.25. The van der Waals surface area contributed by atoms with Crippen LogP contribution in [0.1, 0.15) is 6.92 Å². The monoisotopic (exact) mass is 481 g/mol. The number of hydrogen-bond donors (Lipinski definition) is 0. The molecule has 0 unspecified atom stereocenters. The van der Waals surface area contributed by atoms with Gasteiger partial charge in [-0.05, 0) is 42.3 Å². The number of carbonyl (C=O) groups excluding carboxylic acids is 1. The van der Waals surface area contributed by atoms with E-state index in [0.29, 0.717) is 6.61 Å². The van der Waals surface area contributed by atoms with Crippen molar-refractivity contribution in [3.8, 4) is 33.6 Å². The van der Waals surface area contributed by atoms with E-state index in [1.807, 2.05) is 61.5 Å². The van der Waals surface area contributed by atoms with E-state index in [1.165, 1.54) is 0 Å². The molecule has 3 aromatic carbocycles. The fourth-order valence-electron chi connectivity index (χ4n) is 3.62. The lowest BCUT2D eigenvalue weighted by molar-refractivity contribution is -0.664. The Morgan fingerprint density at radius 1 is 0.686 bits per heavy atom. The standard InChI is InChI=1S/C27H24NO2.BF4/c1-2-30-27(29)20-28-25(22-14-8-4-9-15-22)18-24(21-12-6-3-7-13-21)19-26(28)23-16-10-5-11-17-23;2-1(3,4)5/h3-19H,2,20H2,1H3;/q+1;-1. The first-order valence-corrected chi connectivity index (χ1v) is 11.0. The molecule has 0 aliphatic carbocycles. The number of hydrogen-bond acceptors (Lipinski definition) is 2. The quantitative estimate of drug-likeness (QED) is 0.131. The summed E-state index contributed by atoms with van der Waals surface area (Å²) in [4.78, 5) is 12.5. The minimum absolute atomic E-state index is 0.150. The van der Waals surface area contributed by atoms with Gasteiger partial charge in [-0.15, -0.1) is 0 Å². The molecule has 1 heterocycles. The van der Waals surface area contributed by atoms with Crippen molar-refractivity contribution >= 4 is 13.2 Å². The van der Waals surface area contributed by atoms with Crippen LogP contribution in [-0.2, 0) is 16.1 Å². The van der Waals surface area contributed by atoms with Gasteiger partial charge in [0.1, 0.15) is 0 Å². The van der Waals surface area contributed by atoms with Crippen molar-refractivity contribution in [2.75, 3.05) is 6.61 Å². The predicted molar refractivity (Wildman–Crippen MR) is 130 cm³/mol. The molecule has 8 heteroatoms. The van der Waals surface area contributed by atoms with Crippen LogP contribution in [0, 0.1) is 0 Å². The minimum Gasteiger partial charge on any atom is -0.461 e. The van der Waals surface area contributed by atoms with Crippen molar-refractivity contribution in [1.29, 1.82) is 0 Å². The second-order valence-electron chi connectivity index (χ2n) is 7.50. The van der Waals surface area contributed by atoms with Gasteiger partial charge in [-0.25, -0.2) is 4.79 Å². The zero-order chi connectivity index (χ0) is 25.3. The number of esters is 1. The van der Waals surface area contributed by atoms with Gasteiger partial charge in [0.25, 0.3) is 0 Å². The first-order valence-electron chi connectivity index (χ1n) is 11.0. The summed E-state index contributed by atoms with van der Waals surface area (Å²) in [5.41, 5.74) is 6.30. The van der Waals surface area contributed by atoms with Gasteiger partial charge in [0.15, 0.2) is 0 Å². The summed E-state index contributed by atoms with van der Waals surface area (Å²) in [7, 11) is -6.00. The van der Waals surface area contributed by atoms with Crippen molar-refractivity contribution in [2.45, 2.75) is 13.5 Å². The lowest BCUT2D eigenvalue weighted by Gasteiger charge is -2.12. The van der Waals surface area contributed by atoms with E-state index < -0.39 is 7.25 Å². The van der Waals surface area contributed by atoms with Crippen molar-refractivity contribution in [2.24, 2.45) is 0 Å². The first-order chi connectivity index (χ1) is 16.8. The zero-order valence-electron chi connectivity index (χ0n) is 19.1. The molecule has 0 bridgehead atoms. The van der Waals surface area contributed by atoms with Crippen LogP contribution in [0.2, 0.25) is 0 Å². The van der Waals surface area contributed by atoms with Gasteiger partial charge in [-0.1, -0.05) is 66.7 Å². The number of benzene rings is 3. The molecular weight excluding hydrogens is 457 g/mol. The summed E-state index contributed by atoms with van der Waals surface area (Å²) < 4.78 is 46.3. The molecule has 1 aromatic heterocycles. The summed E-state index contributed by atoms with van der Waals surface area (Å²) in [5.74, 6) is -0.246. The Labute approximate surface area is 201 Å². The topological polar surface area (TPSA) is 30.2 Å². The molecule has 0 atom stereocenters. The lowest BCUT2D eigenvalue weighted by atomic mass is 9.99. The summed E-state index contributed by atoms with van der Waals surface area (Å²) in [6.45, 7) is 2.34. The molecule has 35 heavy (non-hydrogen) atoms. The number of halogens is 4. The molecular formula is C27H24BF4NO2. The van der Waals surface area contributed by atoms with Crippen LogP contribution in [0.15, 0.2) is 103 Å². The second kappa shape index (κ2) is 12.0. The van der Waals surface area contributed by atoms with Crippen LogP contribution >= 0.6 is 0 Å². The third-order valence-corrected chi connectivity index (χ3v) is 5.00. The van der Waals surface area contributed by atoms with Gasteiger partial charge >= 0.3 is 13.2 Å². The molecule has 0 saturated heterocycles. The van der Waals surface area contributed by atoms with Gasteiger partial charge in [-0.2, -0.15) is 4.57 Å². The molecule has 180 valence electrons. The molecule has 0 aliphatic rings. The summed E-state index contributed by atoms with van der Waals surface area (Å²) in [5, 5.41) is 0. The lowest BCUT2D eigenvalue weighted by Crippen LogP contribution is -2.43. The summed E-state index contributed by atoms with van der Waals surface area (Å²) in [6.07, 6.45) is 0. The average Bonchev–Trinajstić information content (AvgIpc) is 2.85. The Bertz CT molecular complexity index is 1170. The smallest absolute Gasteiger partial charge is 0.461 e. The SMILES string of the molecule is CCOC(=O)C[n+]1c(-c2ccccc2)cc(-c2ccccc2)cc1-c1ccccc1.F[B-](F)(F)F. The van der Waals surface area contributed by atoms with Crippen LogP contribution in [-0.4, -0.2) is 19.8 Å². The van der Waals surface area contributed by atoms with Crippen LogP contribution in [0.25, 0.3) is 33.6 Å². The first kappa shape index (κ1) is 25.7. The second-order valence-corrected chi connectivity index (χ2v) is 7.50. The molecule has 0 radical (unpaired) electrons. The summed E-state index contributed by atoms with van der Waals surface area (Å²) >= 11 is 0. The molecule has 0 fully saturated rings. The normalized spacial score (nSPS) is 10.8. The largest absolute Gasteiger partial charge is 0.673 e. The van der Waals surface area contributed by atoms with E-state index in [-0.39, 0.29) is 12.5 Å². The number of ether oxygens (including phenoxy) is 1.